The fourth-order valence-electron chi connectivity index (χ4n) is 3.96. The molecule has 0 unspecified atom stereocenters. The molecule has 1 aromatic carbocycles. The number of sulfonamides is 1. The van der Waals surface area contributed by atoms with Crippen LogP contribution in [0.2, 0.25) is 0 Å². The van der Waals surface area contributed by atoms with E-state index in [9.17, 15) is 18.0 Å². The number of fused-ring (bicyclic) bond motifs is 1. The minimum atomic E-state index is -3.52. The second-order valence-electron chi connectivity index (χ2n) is 7.30. The first-order chi connectivity index (χ1) is 13.4. The van der Waals surface area contributed by atoms with Gasteiger partial charge in [0.15, 0.2) is 0 Å². The van der Waals surface area contributed by atoms with Crippen molar-refractivity contribution in [3.8, 4) is 0 Å². The highest BCUT2D eigenvalue weighted by molar-refractivity contribution is 7.89. The molecule has 1 aromatic rings. The van der Waals surface area contributed by atoms with Gasteiger partial charge < -0.3 is 9.80 Å². The van der Waals surface area contributed by atoms with Crippen molar-refractivity contribution in [1.29, 1.82) is 0 Å². The van der Waals surface area contributed by atoms with Crippen LogP contribution in [0.5, 0.6) is 0 Å². The number of rotatable bonds is 6. The molecule has 154 valence electrons. The Kier molecular flexibility index (Phi) is 6.40. The van der Waals surface area contributed by atoms with Crippen molar-refractivity contribution in [2.75, 3.05) is 37.6 Å². The number of hydrogen-bond donors (Lipinski definition) is 0. The first-order valence-electron chi connectivity index (χ1n) is 10.1. The molecule has 2 aliphatic rings. The average molecular weight is 408 g/mol. The van der Waals surface area contributed by atoms with Crippen molar-refractivity contribution >= 4 is 27.5 Å². The minimum absolute atomic E-state index is 0.0472. The van der Waals surface area contributed by atoms with Gasteiger partial charge in [0.05, 0.1) is 4.90 Å². The summed E-state index contributed by atoms with van der Waals surface area (Å²) in [7, 11) is -3.52. The van der Waals surface area contributed by atoms with Crippen LogP contribution in [0.3, 0.4) is 0 Å². The van der Waals surface area contributed by atoms with Crippen molar-refractivity contribution in [3.63, 3.8) is 0 Å². The summed E-state index contributed by atoms with van der Waals surface area (Å²) in [4.78, 5) is 28.6. The Morgan fingerprint density at radius 1 is 1.07 bits per heavy atom. The van der Waals surface area contributed by atoms with Crippen LogP contribution in [0.15, 0.2) is 23.1 Å². The molecule has 2 amide bonds. The van der Waals surface area contributed by atoms with Gasteiger partial charge >= 0.3 is 0 Å². The molecule has 28 heavy (non-hydrogen) atoms. The molecule has 0 aliphatic carbocycles. The zero-order valence-corrected chi connectivity index (χ0v) is 17.5. The SMILES string of the molecule is CCN(CC)S(=O)(=O)c1ccc2c(c1)CCN2C(=O)CN1CCCCCC1=O. The van der Waals surface area contributed by atoms with Gasteiger partial charge in [0.1, 0.15) is 6.54 Å². The van der Waals surface area contributed by atoms with Gasteiger partial charge in [-0.3, -0.25) is 9.59 Å². The molecule has 2 heterocycles. The fraction of sp³-hybridized carbons (Fsp3) is 0.600. The molecule has 8 heteroatoms. The number of anilines is 1. The predicted octanol–water partition coefficient (Wildman–Crippen LogP) is 2.01. The largest absolute Gasteiger partial charge is 0.333 e. The third-order valence-electron chi connectivity index (χ3n) is 5.59. The molecule has 0 atom stereocenters. The van der Waals surface area contributed by atoms with Gasteiger partial charge in [0.25, 0.3) is 0 Å². The molecular formula is C20H29N3O4S. The first kappa shape index (κ1) is 20.8. The normalized spacial score (nSPS) is 17.8. The third-order valence-corrected chi connectivity index (χ3v) is 7.63. The van der Waals surface area contributed by atoms with Gasteiger partial charge in [0, 0.05) is 38.3 Å². The van der Waals surface area contributed by atoms with Gasteiger partial charge in [-0.05, 0) is 43.0 Å². The molecule has 2 aliphatic heterocycles. The smallest absolute Gasteiger partial charge is 0.246 e. The summed E-state index contributed by atoms with van der Waals surface area (Å²) in [5, 5.41) is 0. The lowest BCUT2D eigenvalue weighted by atomic mass is 10.2. The summed E-state index contributed by atoms with van der Waals surface area (Å²) < 4.78 is 26.9. The van der Waals surface area contributed by atoms with Gasteiger partial charge in [-0.25, -0.2) is 8.42 Å². The predicted molar refractivity (Wildman–Crippen MR) is 108 cm³/mol. The Morgan fingerprint density at radius 2 is 1.82 bits per heavy atom. The summed E-state index contributed by atoms with van der Waals surface area (Å²) in [6.07, 6.45) is 3.97. The van der Waals surface area contributed by atoms with Crippen LogP contribution in [0.25, 0.3) is 0 Å². The molecule has 0 N–H and O–H groups in total. The lowest BCUT2D eigenvalue weighted by Crippen LogP contribution is -2.42. The quantitative estimate of drug-likeness (QED) is 0.723. The summed E-state index contributed by atoms with van der Waals surface area (Å²) in [6.45, 7) is 5.72. The summed E-state index contributed by atoms with van der Waals surface area (Å²) in [6, 6.07) is 4.99. The Hall–Kier alpha value is -1.93. The Labute approximate surface area is 167 Å². The number of amides is 2. The maximum absolute atomic E-state index is 12.8. The fourth-order valence-corrected chi connectivity index (χ4v) is 5.47. The molecule has 7 nitrogen and oxygen atoms in total. The molecule has 0 bridgehead atoms. The summed E-state index contributed by atoms with van der Waals surface area (Å²) in [5.41, 5.74) is 1.62. The zero-order valence-electron chi connectivity index (χ0n) is 16.7. The van der Waals surface area contributed by atoms with E-state index < -0.39 is 10.0 Å². The third kappa shape index (κ3) is 4.07. The van der Waals surface area contributed by atoms with E-state index in [0.29, 0.717) is 39.0 Å². The molecule has 3 rings (SSSR count). The molecule has 1 saturated heterocycles. The van der Waals surface area contributed by atoms with Crippen LogP contribution in [0, 0.1) is 0 Å². The molecule has 0 aromatic heterocycles. The van der Waals surface area contributed by atoms with Gasteiger partial charge in [0.2, 0.25) is 21.8 Å². The van der Waals surface area contributed by atoms with Gasteiger partial charge in [-0.2, -0.15) is 4.31 Å². The van der Waals surface area contributed by atoms with Crippen LogP contribution in [0.1, 0.15) is 45.1 Å². The average Bonchev–Trinajstić information content (AvgIpc) is 3.00. The Bertz CT molecular complexity index is 849. The number of hydrogen-bond acceptors (Lipinski definition) is 4. The lowest BCUT2D eigenvalue weighted by Gasteiger charge is -2.24. The van der Waals surface area contributed by atoms with E-state index in [1.807, 2.05) is 13.8 Å². The topological polar surface area (TPSA) is 78.0 Å². The standard InChI is InChI=1S/C20H29N3O4S/c1-3-22(4-2)28(26,27)17-9-10-18-16(14-17)11-13-23(18)20(25)15-21-12-7-5-6-8-19(21)24/h9-10,14H,3-8,11-13,15H2,1-2H3. The first-order valence-corrected chi connectivity index (χ1v) is 11.5. The van der Waals surface area contributed by atoms with Gasteiger partial charge in [-0.15, -0.1) is 0 Å². The van der Waals surface area contributed by atoms with E-state index in [1.165, 1.54) is 4.31 Å². The van der Waals surface area contributed by atoms with Crippen molar-refractivity contribution in [3.05, 3.63) is 23.8 Å². The molecule has 0 spiro atoms. The molecule has 0 radical (unpaired) electrons. The maximum atomic E-state index is 12.8. The second-order valence-corrected chi connectivity index (χ2v) is 9.24. The van der Waals surface area contributed by atoms with Crippen LogP contribution in [0.4, 0.5) is 5.69 Å². The van der Waals surface area contributed by atoms with Crippen LogP contribution >= 0.6 is 0 Å². The van der Waals surface area contributed by atoms with Gasteiger partial charge in [-0.1, -0.05) is 20.3 Å². The van der Waals surface area contributed by atoms with E-state index in [0.717, 1.165) is 30.5 Å². The van der Waals surface area contributed by atoms with Crippen molar-refractivity contribution in [1.82, 2.24) is 9.21 Å². The Morgan fingerprint density at radius 3 is 2.54 bits per heavy atom. The lowest BCUT2D eigenvalue weighted by molar-refractivity contribution is -0.134. The van der Waals surface area contributed by atoms with Crippen molar-refractivity contribution in [2.45, 2.75) is 50.8 Å². The second kappa shape index (κ2) is 8.61. The molecule has 1 fully saturated rings. The minimum Gasteiger partial charge on any atom is -0.333 e. The number of nitrogens with zero attached hydrogens (tertiary/aromatic N) is 3. The number of carbonyl (C=O) groups is 2. The van der Waals surface area contributed by atoms with E-state index in [4.69, 9.17) is 0 Å². The number of carbonyl (C=O) groups excluding carboxylic acids is 2. The highest BCUT2D eigenvalue weighted by Gasteiger charge is 2.30. The van der Waals surface area contributed by atoms with Crippen molar-refractivity contribution < 1.29 is 18.0 Å². The van der Waals surface area contributed by atoms with Crippen LogP contribution in [-0.2, 0) is 26.0 Å². The van der Waals surface area contributed by atoms with E-state index in [1.54, 1.807) is 28.0 Å². The highest BCUT2D eigenvalue weighted by Crippen LogP contribution is 2.31. The summed E-state index contributed by atoms with van der Waals surface area (Å²) in [5.74, 6) is -0.0562. The van der Waals surface area contributed by atoms with Crippen LogP contribution < -0.4 is 4.90 Å². The van der Waals surface area contributed by atoms with E-state index in [2.05, 4.69) is 0 Å². The summed E-state index contributed by atoms with van der Waals surface area (Å²) >= 11 is 0. The number of likely N-dealkylation sites (tertiary alicyclic amines) is 1. The highest BCUT2D eigenvalue weighted by atomic mass is 32.2. The maximum Gasteiger partial charge on any atom is 0.246 e. The molecule has 0 saturated carbocycles. The molecular weight excluding hydrogens is 378 g/mol. The van der Waals surface area contributed by atoms with E-state index >= 15 is 0 Å². The number of benzene rings is 1. The van der Waals surface area contributed by atoms with Crippen LogP contribution in [-0.4, -0.2) is 62.2 Å². The Balaban J connectivity index is 1.77. The monoisotopic (exact) mass is 407 g/mol. The van der Waals surface area contributed by atoms with Crippen molar-refractivity contribution in [2.24, 2.45) is 0 Å². The van der Waals surface area contributed by atoms with E-state index in [-0.39, 0.29) is 23.3 Å². The zero-order chi connectivity index (χ0) is 20.3.